The molecule has 0 aromatic rings. The molecule has 0 aromatic heterocycles. The quantitative estimate of drug-likeness (QED) is 0.416. The molecule has 0 aromatic carbocycles. The second-order valence-electron chi connectivity index (χ2n) is 6.06. The van der Waals surface area contributed by atoms with Crippen molar-refractivity contribution < 1.29 is 19.1 Å². The summed E-state index contributed by atoms with van der Waals surface area (Å²) < 4.78 is 4.90. The van der Waals surface area contributed by atoms with Gasteiger partial charge in [-0.1, -0.05) is 19.3 Å². The molecule has 1 aliphatic heterocycles. The Morgan fingerprint density at radius 1 is 1.22 bits per heavy atom. The summed E-state index contributed by atoms with van der Waals surface area (Å²) in [4.78, 5) is 37.5. The number of imide groups is 1. The largest absolute Gasteiger partial charge is 0.383 e. The maximum Gasteiger partial charge on any atom is 0.325 e. The predicted molar refractivity (Wildman–Crippen MR) is 83.8 cm³/mol. The molecule has 23 heavy (non-hydrogen) atoms. The third-order valence-corrected chi connectivity index (χ3v) is 4.36. The molecule has 3 N–H and O–H groups in total. The fourth-order valence-electron chi connectivity index (χ4n) is 3.10. The normalized spacial score (nSPS) is 20.0. The maximum atomic E-state index is 12.5. The van der Waals surface area contributed by atoms with E-state index < -0.39 is 11.6 Å². The Morgan fingerprint density at radius 2 is 1.96 bits per heavy atom. The number of hydrogen-bond acceptors (Lipinski definition) is 5. The number of nitrogens with zero attached hydrogens (tertiary/aromatic N) is 1. The highest BCUT2D eigenvalue weighted by atomic mass is 16.5. The number of amides is 4. The van der Waals surface area contributed by atoms with Gasteiger partial charge in [-0.3, -0.25) is 14.5 Å². The average molecular weight is 326 g/mol. The molecular formula is C15H26N4O4. The van der Waals surface area contributed by atoms with E-state index >= 15 is 0 Å². The third-order valence-electron chi connectivity index (χ3n) is 4.36. The van der Waals surface area contributed by atoms with E-state index in [9.17, 15) is 14.4 Å². The fraction of sp³-hybridized carbons (Fsp3) is 0.800. The molecule has 1 saturated carbocycles. The number of methoxy groups -OCH3 is 1. The molecule has 1 saturated heterocycles. The van der Waals surface area contributed by atoms with Gasteiger partial charge in [0.1, 0.15) is 12.1 Å². The number of hydrogen-bond donors (Lipinski definition) is 3. The highest BCUT2D eigenvalue weighted by molar-refractivity contribution is 6.09. The minimum atomic E-state index is -0.767. The van der Waals surface area contributed by atoms with Crippen LogP contribution in [-0.2, 0) is 14.3 Å². The van der Waals surface area contributed by atoms with E-state index in [-0.39, 0.29) is 18.4 Å². The molecule has 0 unspecified atom stereocenters. The van der Waals surface area contributed by atoms with Gasteiger partial charge in [-0.15, -0.1) is 0 Å². The molecule has 0 atom stereocenters. The van der Waals surface area contributed by atoms with Crippen LogP contribution in [-0.4, -0.2) is 68.2 Å². The van der Waals surface area contributed by atoms with E-state index in [0.29, 0.717) is 39.1 Å². The number of rotatable bonds is 8. The van der Waals surface area contributed by atoms with Crippen LogP contribution in [0.15, 0.2) is 0 Å². The Balaban J connectivity index is 1.75. The van der Waals surface area contributed by atoms with Gasteiger partial charge in [0.05, 0.1) is 6.61 Å². The van der Waals surface area contributed by atoms with Gasteiger partial charge in [0, 0.05) is 26.7 Å². The van der Waals surface area contributed by atoms with Gasteiger partial charge in [0.15, 0.2) is 0 Å². The number of carbonyl (C=O) groups excluding carboxylic acids is 3. The van der Waals surface area contributed by atoms with E-state index in [4.69, 9.17) is 4.74 Å². The highest BCUT2D eigenvalue weighted by Crippen LogP contribution is 2.33. The van der Waals surface area contributed by atoms with E-state index in [1.54, 1.807) is 7.11 Å². The standard InChI is InChI=1S/C15H26N4O4/c1-23-10-9-16-7-8-17-12(20)11-19-13(21)15(18-14(19)22)5-3-2-4-6-15/h16H,2-11H2,1H3,(H,17,20)(H,18,22). The maximum absolute atomic E-state index is 12.5. The lowest BCUT2D eigenvalue weighted by Crippen LogP contribution is -2.49. The molecule has 0 radical (unpaired) electrons. The SMILES string of the molecule is COCCNCCNC(=O)CN1C(=O)NC2(CCCCC2)C1=O. The zero-order valence-electron chi connectivity index (χ0n) is 13.7. The first-order chi connectivity index (χ1) is 11.1. The van der Waals surface area contributed by atoms with Crippen molar-refractivity contribution in [3.63, 3.8) is 0 Å². The van der Waals surface area contributed by atoms with Crippen LogP contribution < -0.4 is 16.0 Å². The van der Waals surface area contributed by atoms with Crippen molar-refractivity contribution in [1.29, 1.82) is 0 Å². The molecule has 8 nitrogen and oxygen atoms in total. The molecule has 1 aliphatic carbocycles. The Morgan fingerprint density at radius 3 is 2.65 bits per heavy atom. The number of carbonyl (C=O) groups is 3. The summed E-state index contributed by atoms with van der Waals surface area (Å²) in [5.41, 5.74) is -0.767. The predicted octanol–water partition coefficient (Wildman–Crippen LogP) is -0.407. The molecule has 2 fully saturated rings. The topological polar surface area (TPSA) is 99.8 Å². The van der Waals surface area contributed by atoms with Crippen molar-refractivity contribution in [1.82, 2.24) is 20.9 Å². The smallest absolute Gasteiger partial charge is 0.325 e. The van der Waals surface area contributed by atoms with Gasteiger partial charge < -0.3 is 20.7 Å². The lowest BCUT2D eigenvalue weighted by Gasteiger charge is -2.30. The second-order valence-corrected chi connectivity index (χ2v) is 6.06. The third kappa shape index (κ3) is 4.42. The van der Waals surface area contributed by atoms with Crippen LogP contribution >= 0.6 is 0 Å². The molecule has 130 valence electrons. The van der Waals surface area contributed by atoms with Crippen LogP contribution in [0.1, 0.15) is 32.1 Å². The Labute approximate surface area is 136 Å². The lowest BCUT2D eigenvalue weighted by molar-refractivity contribution is -0.135. The Bertz CT molecular complexity index is 449. The second kappa shape index (κ2) is 8.26. The molecule has 1 spiro atoms. The van der Waals surface area contributed by atoms with E-state index in [1.165, 1.54) is 0 Å². The summed E-state index contributed by atoms with van der Waals surface area (Å²) in [6, 6.07) is -0.453. The summed E-state index contributed by atoms with van der Waals surface area (Å²) in [5.74, 6) is -0.578. The number of nitrogens with one attached hydrogen (secondary N) is 3. The molecular weight excluding hydrogens is 300 g/mol. The molecule has 1 heterocycles. The molecule has 0 bridgehead atoms. The number of ether oxygens (including phenoxy) is 1. The van der Waals surface area contributed by atoms with Crippen molar-refractivity contribution in [2.24, 2.45) is 0 Å². The zero-order chi connectivity index (χ0) is 16.7. The molecule has 8 heteroatoms. The van der Waals surface area contributed by atoms with Crippen molar-refractivity contribution in [2.45, 2.75) is 37.6 Å². The Kier molecular flexibility index (Phi) is 6.35. The first kappa shape index (κ1) is 17.7. The van der Waals surface area contributed by atoms with Crippen LogP contribution in [0.3, 0.4) is 0 Å². The summed E-state index contributed by atoms with van der Waals surface area (Å²) in [5, 5.41) is 8.60. The van der Waals surface area contributed by atoms with Crippen molar-refractivity contribution in [3.8, 4) is 0 Å². The van der Waals surface area contributed by atoms with E-state index in [0.717, 1.165) is 24.2 Å². The van der Waals surface area contributed by atoms with Crippen molar-refractivity contribution >= 4 is 17.8 Å². The van der Waals surface area contributed by atoms with Crippen LogP contribution in [0, 0.1) is 0 Å². The molecule has 2 aliphatic rings. The van der Waals surface area contributed by atoms with Crippen LogP contribution in [0.25, 0.3) is 0 Å². The van der Waals surface area contributed by atoms with Crippen LogP contribution in [0.5, 0.6) is 0 Å². The van der Waals surface area contributed by atoms with E-state index in [2.05, 4.69) is 16.0 Å². The monoisotopic (exact) mass is 326 g/mol. The first-order valence-electron chi connectivity index (χ1n) is 8.19. The van der Waals surface area contributed by atoms with Gasteiger partial charge in [0.25, 0.3) is 5.91 Å². The molecule has 2 rings (SSSR count). The first-order valence-corrected chi connectivity index (χ1v) is 8.19. The van der Waals surface area contributed by atoms with Crippen molar-refractivity contribution in [3.05, 3.63) is 0 Å². The minimum Gasteiger partial charge on any atom is -0.383 e. The Hall–Kier alpha value is -1.67. The zero-order valence-corrected chi connectivity index (χ0v) is 13.7. The van der Waals surface area contributed by atoms with Gasteiger partial charge in [0.2, 0.25) is 5.91 Å². The van der Waals surface area contributed by atoms with Gasteiger partial charge in [-0.25, -0.2) is 4.79 Å². The van der Waals surface area contributed by atoms with Crippen LogP contribution in [0.2, 0.25) is 0 Å². The molecule has 4 amide bonds. The highest BCUT2D eigenvalue weighted by Gasteiger charge is 2.51. The summed E-state index contributed by atoms with van der Waals surface area (Å²) >= 11 is 0. The fourth-order valence-corrected chi connectivity index (χ4v) is 3.10. The van der Waals surface area contributed by atoms with E-state index in [1.807, 2.05) is 0 Å². The summed E-state index contributed by atoms with van der Waals surface area (Å²) in [6.07, 6.45) is 4.28. The summed E-state index contributed by atoms with van der Waals surface area (Å²) in [7, 11) is 1.63. The number of urea groups is 1. The van der Waals surface area contributed by atoms with Crippen LogP contribution in [0.4, 0.5) is 4.79 Å². The average Bonchev–Trinajstić information content (AvgIpc) is 2.76. The summed E-state index contributed by atoms with van der Waals surface area (Å²) in [6.45, 7) is 2.15. The van der Waals surface area contributed by atoms with Gasteiger partial charge in [-0.2, -0.15) is 0 Å². The van der Waals surface area contributed by atoms with Gasteiger partial charge >= 0.3 is 6.03 Å². The van der Waals surface area contributed by atoms with Crippen molar-refractivity contribution in [2.75, 3.05) is 39.9 Å². The minimum absolute atomic E-state index is 0.218. The van der Waals surface area contributed by atoms with Gasteiger partial charge in [-0.05, 0) is 12.8 Å². The lowest BCUT2D eigenvalue weighted by atomic mass is 9.82.